The highest BCUT2D eigenvalue weighted by Crippen LogP contribution is 2.11. The van der Waals surface area contributed by atoms with E-state index in [2.05, 4.69) is 20.8 Å². The third-order valence-corrected chi connectivity index (χ3v) is 2.80. The van der Waals surface area contributed by atoms with Gasteiger partial charge in [0, 0.05) is 17.8 Å². The molecule has 1 amide bonds. The van der Waals surface area contributed by atoms with Crippen molar-refractivity contribution >= 4 is 23.5 Å². The van der Waals surface area contributed by atoms with E-state index in [1.807, 2.05) is 0 Å². The van der Waals surface area contributed by atoms with Crippen LogP contribution in [0.3, 0.4) is 0 Å². The molecule has 2 heterocycles. The van der Waals surface area contributed by atoms with Gasteiger partial charge in [0.25, 0.3) is 0 Å². The Morgan fingerprint density at radius 3 is 3.29 bits per heavy atom. The lowest BCUT2D eigenvalue weighted by atomic mass is 10.3. The van der Waals surface area contributed by atoms with Crippen LogP contribution < -0.4 is 10.6 Å². The van der Waals surface area contributed by atoms with Crippen molar-refractivity contribution in [1.29, 1.82) is 0 Å². The molecule has 1 aliphatic rings. The lowest BCUT2D eigenvalue weighted by Gasteiger charge is -2.08. The van der Waals surface area contributed by atoms with Gasteiger partial charge in [-0.3, -0.25) is 10.1 Å². The number of hydrogen-bond acceptors (Lipinski definition) is 5. The number of anilines is 1. The first-order valence-electron chi connectivity index (χ1n) is 4.26. The van der Waals surface area contributed by atoms with Crippen LogP contribution in [0.25, 0.3) is 0 Å². The molecule has 1 fully saturated rings. The first-order chi connectivity index (χ1) is 6.86. The Morgan fingerprint density at radius 2 is 2.64 bits per heavy atom. The molecule has 1 aromatic heterocycles. The molecule has 0 bridgehead atoms. The first-order valence-corrected chi connectivity index (χ1v) is 5.41. The van der Waals surface area contributed by atoms with E-state index in [9.17, 15) is 4.79 Å². The Hall–Kier alpha value is -1.14. The van der Waals surface area contributed by atoms with E-state index in [0.717, 1.165) is 11.6 Å². The molecule has 0 radical (unpaired) electrons. The van der Waals surface area contributed by atoms with Crippen LogP contribution in [-0.4, -0.2) is 33.8 Å². The van der Waals surface area contributed by atoms with Crippen molar-refractivity contribution in [3.8, 4) is 0 Å². The van der Waals surface area contributed by atoms with Crippen molar-refractivity contribution in [1.82, 2.24) is 15.5 Å². The summed E-state index contributed by atoms with van der Waals surface area (Å²) in [4.78, 5) is 11.6. The maximum Gasteiger partial charge on any atom is 0.243 e. The van der Waals surface area contributed by atoms with Crippen LogP contribution in [0.2, 0.25) is 0 Å². The Labute approximate surface area is 85.7 Å². The number of carbonyl (C=O) groups excluding carboxylic acids is 1. The van der Waals surface area contributed by atoms with Crippen molar-refractivity contribution < 1.29 is 4.79 Å². The SMILES string of the molecule is O=C(Nc1cccnn1)C1CSCN1. The van der Waals surface area contributed by atoms with Gasteiger partial charge in [-0.25, -0.2) is 0 Å². The topological polar surface area (TPSA) is 66.9 Å². The molecule has 14 heavy (non-hydrogen) atoms. The number of nitrogens with one attached hydrogen (secondary N) is 2. The van der Waals surface area contributed by atoms with Crippen molar-refractivity contribution in [2.45, 2.75) is 6.04 Å². The van der Waals surface area contributed by atoms with Gasteiger partial charge in [-0.2, -0.15) is 5.10 Å². The minimum Gasteiger partial charge on any atom is -0.308 e. The molecule has 1 aromatic rings. The maximum absolute atomic E-state index is 11.6. The van der Waals surface area contributed by atoms with Crippen molar-refractivity contribution in [2.24, 2.45) is 0 Å². The molecule has 1 aliphatic heterocycles. The second-order valence-electron chi connectivity index (χ2n) is 2.87. The van der Waals surface area contributed by atoms with E-state index < -0.39 is 0 Å². The van der Waals surface area contributed by atoms with E-state index in [1.165, 1.54) is 0 Å². The third-order valence-electron chi connectivity index (χ3n) is 1.86. The summed E-state index contributed by atoms with van der Waals surface area (Å²) in [5.74, 6) is 2.09. The van der Waals surface area contributed by atoms with Gasteiger partial charge in [-0.15, -0.1) is 16.9 Å². The van der Waals surface area contributed by atoms with Crippen LogP contribution in [0.4, 0.5) is 5.82 Å². The smallest absolute Gasteiger partial charge is 0.243 e. The summed E-state index contributed by atoms with van der Waals surface area (Å²) in [6, 6.07) is 3.34. The summed E-state index contributed by atoms with van der Waals surface area (Å²) >= 11 is 1.71. The molecule has 74 valence electrons. The van der Waals surface area contributed by atoms with Gasteiger partial charge in [-0.05, 0) is 12.1 Å². The van der Waals surface area contributed by atoms with Gasteiger partial charge in [-0.1, -0.05) is 0 Å². The lowest BCUT2D eigenvalue weighted by molar-refractivity contribution is -0.117. The molecular formula is C8H10N4OS. The zero-order chi connectivity index (χ0) is 9.80. The van der Waals surface area contributed by atoms with Crippen LogP contribution >= 0.6 is 11.8 Å². The van der Waals surface area contributed by atoms with Crippen molar-refractivity contribution in [3.63, 3.8) is 0 Å². The minimum atomic E-state index is -0.109. The number of amides is 1. The Balaban J connectivity index is 1.94. The summed E-state index contributed by atoms with van der Waals surface area (Å²) in [5, 5.41) is 13.2. The number of aromatic nitrogens is 2. The van der Waals surface area contributed by atoms with Crippen LogP contribution in [0.5, 0.6) is 0 Å². The largest absolute Gasteiger partial charge is 0.308 e. The monoisotopic (exact) mass is 210 g/mol. The zero-order valence-corrected chi connectivity index (χ0v) is 8.25. The average Bonchev–Trinajstić information content (AvgIpc) is 2.72. The molecular weight excluding hydrogens is 200 g/mol. The zero-order valence-electron chi connectivity index (χ0n) is 7.43. The van der Waals surface area contributed by atoms with E-state index in [4.69, 9.17) is 0 Å². The van der Waals surface area contributed by atoms with E-state index in [1.54, 1.807) is 30.1 Å². The molecule has 1 saturated heterocycles. The molecule has 0 spiro atoms. The Bertz CT molecular complexity index is 312. The summed E-state index contributed by atoms with van der Waals surface area (Å²) in [7, 11) is 0. The van der Waals surface area contributed by atoms with Gasteiger partial charge >= 0.3 is 0 Å². The summed E-state index contributed by atoms with van der Waals surface area (Å²) < 4.78 is 0. The quantitative estimate of drug-likeness (QED) is 0.723. The molecule has 5 nitrogen and oxygen atoms in total. The maximum atomic E-state index is 11.6. The highest BCUT2D eigenvalue weighted by molar-refractivity contribution is 7.99. The first kappa shape index (κ1) is 9.42. The van der Waals surface area contributed by atoms with Crippen molar-refractivity contribution in [3.05, 3.63) is 18.3 Å². The fraction of sp³-hybridized carbons (Fsp3) is 0.375. The highest BCUT2D eigenvalue weighted by atomic mass is 32.2. The summed E-state index contributed by atoms with van der Waals surface area (Å²) in [5.41, 5.74) is 0. The number of rotatable bonds is 2. The van der Waals surface area contributed by atoms with Gasteiger partial charge in [0.1, 0.15) is 0 Å². The molecule has 1 atom stereocenters. The second kappa shape index (κ2) is 4.39. The highest BCUT2D eigenvalue weighted by Gasteiger charge is 2.22. The molecule has 0 saturated carbocycles. The third kappa shape index (κ3) is 2.21. The fourth-order valence-corrected chi connectivity index (χ4v) is 2.09. The number of carbonyl (C=O) groups is 1. The van der Waals surface area contributed by atoms with E-state index in [0.29, 0.717) is 5.82 Å². The molecule has 2 rings (SSSR count). The van der Waals surface area contributed by atoms with Crippen LogP contribution in [0.15, 0.2) is 18.3 Å². The molecule has 0 aliphatic carbocycles. The van der Waals surface area contributed by atoms with Crippen LogP contribution in [0, 0.1) is 0 Å². The second-order valence-corrected chi connectivity index (χ2v) is 3.90. The van der Waals surface area contributed by atoms with Gasteiger partial charge in [0.05, 0.1) is 6.04 Å². The van der Waals surface area contributed by atoms with Gasteiger partial charge < -0.3 is 5.32 Å². The predicted octanol–water partition coefficient (Wildman–Crippen LogP) is 0.0776. The summed E-state index contributed by atoms with van der Waals surface area (Å²) in [6.45, 7) is 0. The molecule has 1 unspecified atom stereocenters. The van der Waals surface area contributed by atoms with Crippen LogP contribution in [-0.2, 0) is 4.79 Å². The van der Waals surface area contributed by atoms with Crippen molar-refractivity contribution in [2.75, 3.05) is 16.9 Å². The van der Waals surface area contributed by atoms with Gasteiger partial charge in [0.2, 0.25) is 5.91 Å². The minimum absolute atomic E-state index is 0.0458. The Morgan fingerprint density at radius 1 is 1.71 bits per heavy atom. The predicted molar refractivity (Wildman–Crippen MR) is 54.9 cm³/mol. The lowest BCUT2D eigenvalue weighted by Crippen LogP contribution is -2.37. The standard InChI is InChI=1S/C8H10N4OS/c13-8(6-4-14-5-9-6)11-7-2-1-3-10-12-7/h1-3,6,9H,4-5H2,(H,11,12,13). The molecule has 2 N–H and O–H groups in total. The van der Waals surface area contributed by atoms with E-state index in [-0.39, 0.29) is 11.9 Å². The van der Waals surface area contributed by atoms with Crippen LogP contribution in [0.1, 0.15) is 0 Å². The molecule has 6 heteroatoms. The average molecular weight is 210 g/mol. The van der Waals surface area contributed by atoms with Gasteiger partial charge in [0.15, 0.2) is 5.82 Å². The number of hydrogen-bond donors (Lipinski definition) is 2. The number of nitrogens with zero attached hydrogens (tertiary/aromatic N) is 2. The Kier molecular flexibility index (Phi) is 2.95. The number of thioether (sulfide) groups is 1. The molecule has 0 aromatic carbocycles. The summed E-state index contributed by atoms with van der Waals surface area (Å²) in [6.07, 6.45) is 1.57. The normalized spacial score (nSPS) is 20.7. The fourth-order valence-electron chi connectivity index (χ4n) is 1.15. The van der Waals surface area contributed by atoms with E-state index >= 15 is 0 Å².